The molecule has 0 aliphatic heterocycles. The van der Waals surface area contributed by atoms with Crippen molar-refractivity contribution in [3.05, 3.63) is 194 Å². The molecule has 0 radical (unpaired) electrons. The van der Waals surface area contributed by atoms with Crippen molar-refractivity contribution in [2.45, 2.75) is 0 Å². The smallest absolute Gasteiger partial charge is 0.164 e. The Balaban J connectivity index is 1.03. The van der Waals surface area contributed by atoms with Crippen molar-refractivity contribution in [3.8, 4) is 67.7 Å². The first-order valence-electron chi connectivity index (χ1n) is 18.1. The summed E-state index contributed by atoms with van der Waals surface area (Å²) in [6.45, 7) is 0. The van der Waals surface area contributed by atoms with E-state index in [4.69, 9.17) is 19.9 Å². The van der Waals surface area contributed by atoms with Gasteiger partial charge in [0.1, 0.15) is 0 Å². The summed E-state index contributed by atoms with van der Waals surface area (Å²) >= 11 is 0. The minimum Gasteiger partial charge on any atom is -0.246 e. The quantitative estimate of drug-likeness (QED) is 0.163. The van der Waals surface area contributed by atoms with Crippen molar-refractivity contribution >= 4 is 32.4 Å². The number of benzene rings is 8. The third-order valence-corrected chi connectivity index (χ3v) is 10.1. The van der Waals surface area contributed by atoms with E-state index >= 15 is 0 Å². The Morgan fingerprint density at radius 2 is 0.704 bits per heavy atom. The van der Waals surface area contributed by atoms with Gasteiger partial charge < -0.3 is 0 Å². The van der Waals surface area contributed by atoms with Crippen LogP contribution in [0.2, 0.25) is 0 Å². The fourth-order valence-electron chi connectivity index (χ4n) is 7.36. The standard InChI is InChI=1S/C50H32N4/c1-3-12-33(13-4-1)34-24-28-39(29-25-34)49-52-48(38-15-5-2-6-16-38)53-50(54-49)41-18-11-17-40(32-41)35-22-26-37(27-23-35)46-44-21-10-9-20-43(44)45-31-30-36-14-7-8-19-42(36)47(45)51-46/h1-32H. The monoisotopic (exact) mass is 688 g/mol. The predicted molar refractivity (Wildman–Crippen MR) is 223 cm³/mol. The maximum Gasteiger partial charge on any atom is 0.164 e. The van der Waals surface area contributed by atoms with E-state index in [-0.39, 0.29) is 0 Å². The summed E-state index contributed by atoms with van der Waals surface area (Å²) in [6.07, 6.45) is 0. The van der Waals surface area contributed by atoms with Crippen LogP contribution < -0.4 is 0 Å². The van der Waals surface area contributed by atoms with Crippen LogP contribution in [0.1, 0.15) is 0 Å². The summed E-state index contributed by atoms with van der Waals surface area (Å²) in [5.74, 6) is 1.90. The zero-order valence-electron chi connectivity index (χ0n) is 29.3. The molecule has 4 heteroatoms. The molecule has 4 nitrogen and oxygen atoms in total. The highest BCUT2D eigenvalue weighted by Crippen LogP contribution is 2.37. The average molecular weight is 689 g/mol. The van der Waals surface area contributed by atoms with Gasteiger partial charge in [0.25, 0.3) is 0 Å². The minimum absolute atomic E-state index is 0.628. The van der Waals surface area contributed by atoms with E-state index in [0.29, 0.717) is 17.5 Å². The van der Waals surface area contributed by atoms with Gasteiger partial charge in [-0.3, -0.25) is 0 Å². The third-order valence-electron chi connectivity index (χ3n) is 10.1. The van der Waals surface area contributed by atoms with Crippen LogP contribution in [-0.2, 0) is 0 Å². The number of aromatic nitrogens is 4. The molecule has 0 aliphatic rings. The Hall–Kier alpha value is -7.30. The molecule has 10 rings (SSSR count). The van der Waals surface area contributed by atoms with Gasteiger partial charge in [-0.25, -0.2) is 19.9 Å². The summed E-state index contributed by atoms with van der Waals surface area (Å²) in [7, 11) is 0. The molecule has 0 unspecified atom stereocenters. The Morgan fingerprint density at radius 1 is 0.241 bits per heavy atom. The molecule has 0 fully saturated rings. The highest BCUT2D eigenvalue weighted by molar-refractivity contribution is 6.18. The van der Waals surface area contributed by atoms with Crippen LogP contribution >= 0.6 is 0 Å². The Morgan fingerprint density at radius 3 is 1.41 bits per heavy atom. The van der Waals surface area contributed by atoms with Gasteiger partial charge in [0.05, 0.1) is 11.2 Å². The molecule has 0 amide bonds. The lowest BCUT2D eigenvalue weighted by Gasteiger charge is -2.13. The maximum atomic E-state index is 5.32. The maximum absolute atomic E-state index is 5.32. The van der Waals surface area contributed by atoms with Crippen LogP contribution in [0.5, 0.6) is 0 Å². The van der Waals surface area contributed by atoms with Crippen LogP contribution in [0.4, 0.5) is 0 Å². The number of nitrogens with zero attached hydrogens (tertiary/aromatic N) is 4. The molecule has 2 heterocycles. The van der Waals surface area contributed by atoms with E-state index in [9.17, 15) is 0 Å². The summed E-state index contributed by atoms with van der Waals surface area (Å²) in [5.41, 5.74) is 10.4. The molecular formula is C50H32N4. The molecule has 0 spiro atoms. The second-order valence-electron chi connectivity index (χ2n) is 13.5. The first-order valence-corrected chi connectivity index (χ1v) is 18.1. The van der Waals surface area contributed by atoms with Gasteiger partial charge in [-0.05, 0) is 39.1 Å². The zero-order chi connectivity index (χ0) is 35.8. The topological polar surface area (TPSA) is 51.6 Å². The summed E-state index contributed by atoms with van der Waals surface area (Å²) in [4.78, 5) is 20.3. The van der Waals surface area contributed by atoms with Gasteiger partial charge >= 0.3 is 0 Å². The molecule has 0 aliphatic carbocycles. The highest BCUT2D eigenvalue weighted by atomic mass is 15.0. The number of hydrogen-bond acceptors (Lipinski definition) is 4. The van der Waals surface area contributed by atoms with Gasteiger partial charge in [-0.2, -0.15) is 0 Å². The summed E-state index contributed by atoms with van der Waals surface area (Å²) in [6, 6.07) is 67.5. The van der Waals surface area contributed by atoms with Crippen LogP contribution in [0, 0.1) is 0 Å². The molecular weight excluding hydrogens is 657 g/mol. The van der Waals surface area contributed by atoms with Crippen LogP contribution in [0.25, 0.3) is 100 Å². The second-order valence-corrected chi connectivity index (χ2v) is 13.5. The second kappa shape index (κ2) is 13.4. The molecule has 0 N–H and O–H groups in total. The van der Waals surface area contributed by atoms with E-state index in [2.05, 4.69) is 158 Å². The fraction of sp³-hybridized carbons (Fsp3) is 0. The van der Waals surface area contributed by atoms with Crippen molar-refractivity contribution in [1.82, 2.24) is 19.9 Å². The lowest BCUT2D eigenvalue weighted by Crippen LogP contribution is -2.00. The largest absolute Gasteiger partial charge is 0.246 e. The normalized spacial score (nSPS) is 11.3. The van der Waals surface area contributed by atoms with Crippen LogP contribution in [0.15, 0.2) is 194 Å². The molecule has 0 bridgehead atoms. The summed E-state index contributed by atoms with van der Waals surface area (Å²) < 4.78 is 0. The molecule has 0 atom stereocenters. The SMILES string of the molecule is c1ccc(-c2ccc(-c3nc(-c4ccccc4)nc(-c4cccc(-c5ccc(-c6nc7c8ccccc8ccc7c7ccccc67)cc5)c4)n3)cc2)cc1. The zero-order valence-corrected chi connectivity index (χ0v) is 29.3. The van der Waals surface area contributed by atoms with Gasteiger partial charge in [0.15, 0.2) is 17.5 Å². The van der Waals surface area contributed by atoms with E-state index in [1.54, 1.807) is 0 Å². The van der Waals surface area contributed by atoms with Gasteiger partial charge in [-0.1, -0.05) is 188 Å². The molecule has 252 valence electrons. The van der Waals surface area contributed by atoms with Gasteiger partial charge in [0.2, 0.25) is 0 Å². The van der Waals surface area contributed by atoms with Crippen molar-refractivity contribution in [2.75, 3.05) is 0 Å². The first-order chi connectivity index (χ1) is 26.7. The molecule has 54 heavy (non-hydrogen) atoms. The number of hydrogen-bond donors (Lipinski definition) is 0. The lowest BCUT2D eigenvalue weighted by atomic mass is 9.96. The molecule has 0 saturated heterocycles. The number of pyridine rings is 1. The third kappa shape index (κ3) is 5.76. The molecule has 0 saturated carbocycles. The van der Waals surface area contributed by atoms with Crippen LogP contribution in [0.3, 0.4) is 0 Å². The van der Waals surface area contributed by atoms with E-state index in [1.165, 1.54) is 21.7 Å². The van der Waals surface area contributed by atoms with E-state index in [0.717, 1.165) is 60.9 Å². The minimum atomic E-state index is 0.628. The van der Waals surface area contributed by atoms with Gasteiger partial charge in [0, 0.05) is 38.4 Å². The Kier molecular flexibility index (Phi) is 7.77. The Labute approximate surface area is 313 Å². The molecule has 2 aromatic heterocycles. The first kappa shape index (κ1) is 31.4. The van der Waals surface area contributed by atoms with Crippen molar-refractivity contribution < 1.29 is 0 Å². The van der Waals surface area contributed by atoms with E-state index < -0.39 is 0 Å². The fourth-order valence-corrected chi connectivity index (χ4v) is 7.36. The predicted octanol–water partition coefficient (Wildman–Crippen LogP) is 12.7. The molecule has 8 aromatic carbocycles. The number of fused-ring (bicyclic) bond motifs is 5. The average Bonchev–Trinajstić information content (AvgIpc) is 3.26. The van der Waals surface area contributed by atoms with Crippen molar-refractivity contribution in [2.24, 2.45) is 0 Å². The number of rotatable bonds is 6. The Bertz CT molecular complexity index is 2960. The van der Waals surface area contributed by atoms with E-state index in [1.807, 2.05) is 36.4 Å². The summed E-state index contributed by atoms with van der Waals surface area (Å²) in [5, 5.41) is 5.87. The van der Waals surface area contributed by atoms with Crippen LogP contribution in [-0.4, -0.2) is 19.9 Å². The highest BCUT2D eigenvalue weighted by Gasteiger charge is 2.15. The van der Waals surface area contributed by atoms with Crippen molar-refractivity contribution in [1.29, 1.82) is 0 Å². The van der Waals surface area contributed by atoms with Gasteiger partial charge in [-0.15, -0.1) is 0 Å². The lowest BCUT2D eigenvalue weighted by molar-refractivity contribution is 1.07. The van der Waals surface area contributed by atoms with Crippen molar-refractivity contribution in [3.63, 3.8) is 0 Å². The molecule has 10 aromatic rings.